The zero-order valence-corrected chi connectivity index (χ0v) is 8.27. The number of aliphatic carboxylic acids is 1. The molecule has 14 heavy (non-hydrogen) atoms. The third kappa shape index (κ3) is 2.37. The van der Waals surface area contributed by atoms with Crippen LogP contribution in [0.3, 0.4) is 0 Å². The van der Waals surface area contributed by atoms with Crippen LogP contribution < -0.4 is 5.73 Å². The predicted octanol–water partition coefficient (Wildman–Crippen LogP) is 0.498. The van der Waals surface area contributed by atoms with Gasteiger partial charge in [-0.3, -0.25) is 4.79 Å². The van der Waals surface area contributed by atoms with Crippen LogP contribution in [0.2, 0.25) is 0 Å². The van der Waals surface area contributed by atoms with E-state index in [0.29, 0.717) is 13.1 Å². The number of rotatable bonds is 2. The number of carbonyl (C=O) groups is 2. The zero-order chi connectivity index (χ0) is 10.7. The topological polar surface area (TPSA) is 83.6 Å². The number of carboxylic acid groups (broad SMARTS) is 1. The molecule has 5 heteroatoms. The minimum Gasteiger partial charge on any atom is -0.481 e. The fourth-order valence-electron chi connectivity index (χ4n) is 1.82. The number of carbonyl (C=O) groups excluding carboxylic acids is 1. The van der Waals surface area contributed by atoms with Crippen LogP contribution in [0.1, 0.15) is 19.8 Å². The van der Waals surface area contributed by atoms with Gasteiger partial charge in [0.05, 0.1) is 5.92 Å². The van der Waals surface area contributed by atoms with E-state index in [9.17, 15) is 9.59 Å². The van der Waals surface area contributed by atoms with Crippen molar-refractivity contribution in [3.05, 3.63) is 0 Å². The lowest BCUT2D eigenvalue weighted by molar-refractivity contribution is -0.143. The lowest BCUT2D eigenvalue weighted by atomic mass is 9.85. The number of likely N-dealkylation sites (tertiary alicyclic amines) is 1. The molecule has 80 valence electrons. The molecule has 0 bridgehead atoms. The molecule has 1 fully saturated rings. The highest BCUT2D eigenvalue weighted by molar-refractivity contribution is 5.72. The molecule has 2 amide bonds. The summed E-state index contributed by atoms with van der Waals surface area (Å²) in [5.74, 6) is -0.921. The summed E-state index contributed by atoms with van der Waals surface area (Å²) in [4.78, 5) is 23.1. The van der Waals surface area contributed by atoms with E-state index in [-0.39, 0.29) is 11.8 Å². The number of amides is 2. The molecule has 5 nitrogen and oxygen atoms in total. The van der Waals surface area contributed by atoms with Crippen molar-refractivity contribution in [2.45, 2.75) is 19.8 Å². The monoisotopic (exact) mass is 200 g/mol. The second-order valence-electron chi connectivity index (χ2n) is 3.79. The first-order chi connectivity index (χ1) is 6.52. The lowest BCUT2D eigenvalue weighted by Gasteiger charge is -2.32. The molecule has 3 N–H and O–H groups in total. The van der Waals surface area contributed by atoms with E-state index >= 15 is 0 Å². The molecule has 0 saturated carbocycles. The average Bonchev–Trinajstić information content (AvgIpc) is 2.16. The highest BCUT2D eigenvalue weighted by atomic mass is 16.4. The molecule has 0 aromatic carbocycles. The predicted molar refractivity (Wildman–Crippen MR) is 50.7 cm³/mol. The summed E-state index contributed by atoms with van der Waals surface area (Å²) in [7, 11) is 0. The van der Waals surface area contributed by atoms with Gasteiger partial charge >= 0.3 is 12.0 Å². The quantitative estimate of drug-likeness (QED) is 0.680. The second kappa shape index (κ2) is 4.30. The summed E-state index contributed by atoms with van der Waals surface area (Å²) in [6.07, 6.45) is 1.47. The Kier molecular flexibility index (Phi) is 3.33. The van der Waals surface area contributed by atoms with Gasteiger partial charge in [0.2, 0.25) is 0 Å². The van der Waals surface area contributed by atoms with Crippen molar-refractivity contribution >= 4 is 12.0 Å². The Labute approximate surface area is 82.9 Å². The summed E-state index contributed by atoms with van der Waals surface area (Å²) in [5.41, 5.74) is 5.12. The fraction of sp³-hybridized carbons (Fsp3) is 0.778. The number of hydrogen-bond acceptors (Lipinski definition) is 2. The highest BCUT2D eigenvalue weighted by Gasteiger charge is 2.28. The summed E-state index contributed by atoms with van der Waals surface area (Å²) >= 11 is 0. The number of hydrogen-bond donors (Lipinski definition) is 2. The number of piperidine rings is 1. The van der Waals surface area contributed by atoms with Gasteiger partial charge in [0.1, 0.15) is 0 Å². The Bertz CT molecular complexity index is 234. The minimum atomic E-state index is -0.762. The Hall–Kier alpha value is -1.26. The van der Waals surface area contributed by atoms with Crippen molar-refractivity contribution in [2.75, 3.05) is 13.1 Å². The van der Waals surface area contributed by atoms with Crippen LogP contribution in [0, 0.1) is 11.8 Å². The summed E-state index contributed by atoms with van der Waals surface area (Å²) in [6, 6.07) is -0.411. The number of nitrogens with two attached hydrogens (primary N) is 1. The van der Waals surface area contributed by atoms with Crippen molar-refractivity contribution < 1.29 is 14.7 Å². The van der Waals surface area contributed by atoms with E-state index in [0.717, 1.165) is 12.8 Å². The normalized spacial score (nSPS) is 20.5. The first-order valence-corrected chi connectivity index (χ1v) is 4.79. The smallest absolute Gasteiger partial charge is 0.314 e. The van der Waals surface area contributed by atoms with E-state index in [1.807, 2.05) is 0 Å². The maximum Gasteiger partial charge on any atom is 0.314 e. The van der Waals surface area contributed by atoms with Crippen molar-refractivity contribution in [2.24, 2.45) is 17.6 Å². The number of nitrogens with zero attached hydrogens (tertiary/aromatic N) is 1. The van der Waals surface area contributed by atoms with Crippen LogP contribution in [0.4, 0.5) is 4.79 Å². The molecule has 0 aromatic heterocycles. The van der Waals surface area contributed by atoms with Crippen molar-refractivity contribution in [1.82, 2.24) is 4.90 Å². The molecule has 0 spiro atoms. The molecule has 1 unspecified atom stereocenters. The van der Waals surface area contributed by atoms with E-state index in [4.69, 9.17) is 10.8 Å². The molecule has 1 saturated heterocycles. The number of primary amides is 1. The summed E-state index contributed by atoms with van der Waals surface area (Å²) in [6.45, 7) is 2.88. The molecule has 0 radical (unpaired) electrons. The van der Waals surface area contributed by atoms with E-state index < -0.39 is 12.0 Å². The fourth-order valence-corrected chi connectivity index (χ4v) is 1.82. The Balaban J connectivity index is 2.43. The van der Waals surface area contributed by atoms with Gasteiger partial charge in [0.15, 0.2) is 0 Å². The molecule has 0 aliphatic carbocycles. The van der Waals surface area contributed by atoms with Gasteiger partial charge in [0, 0.05) is 13.1 Å². The highest BCUT2D eigenvalue weighted by Crippen LogP contribution is 2.24. The average molecular weight is 200 g/mol. The Morgan fingerprint density at radius 1 is 1.43 bits per heavy atom. The van der Waals surface area contributed by atoms with Crippen molar-refractivity contribution in [3.8, 4) is 0 Å². The molecular formula is C9H16N2O3. The van der Waals surface area contributed by atoms with E-state index in [1.165, 1.54) is 0 Å². The maximum atomic E-state index is 10.8. The van der Waals surface area contributed by atoms with Crippen LogP contribution >= 0.6 is 0 Å². The zero-order valence-electron chi connectivity index (χ0n) is 8.27. The van der Waals surface area contributed by atoms with Crippen LogP contribution in [0.15, 0.2) is 0 Å². The van der Waals surface area contributed by atoms with Crippen LogP contribution in [0.25, 0.3) is 0 Å². The van der Waals surface area contributed by atoms with E-state index in [2.05, 4.69) is 0 Å². The molecule has 0 aromatic rings. The third-order valence-corrected chi connectivity index (χ3v) is 2.95. The Morgan fingerprint density at radius 2 is 1.93 bits per heavy atom. The van der Waals surface area contributed by atoms with Gasteiger partial charge in [-0.2, -0.15) is 0 Å². The number of urea groups is 1. The number of carboxylic acids is 1. The van der Waals surface area contributed by atoms with Gasteiger partial charge in [-0.05, 0) is 18.8 Å². The van der Waals surface area contributed by atoms with Crippen molar-refractivity contribution in [3.63, 3.8) is 0 Å². The van der Waals surface area contributed by atoms with E-state index in [1.54, 1.807) is 11.8 Å². The third-order valence-electron chi connectivity index (χ3n) is 2.95. The molecule has 1 aliphatic heterocycles. The van der Waals surface area contributed by atoms with Gasteiger partial charge in [-0.15, -0.1) is 0 Å². The van der Waals surface area contributed by atoms with Gasteiger partial charge in [-0.25, -0.2) is 4.79 Å². The minimum absolute atomic E-state index is 0.170. The SMILES string of the molecule is CC(C(=O)O)C1CCN(C(N)=O)CC1. The Morgan fingerprint density at radius 3 is 2.29 bits per heavy atom. The van der Waals surface area contributed by atoms with Gasteiger partial charge in [-0.1, -0.05) is 6.92 Å². The van der Waals surface area contributed by atoms with Crippen LogP contribution in [-0.2, 0) is 4.79 Å². The first kappa shape index (κ1) is 10.8. The maximum absolute atomic E-state index is 10.8. The van der Waals surface area contributed by atoms with Gasteiger partial charge < -0.3 is 15.7 Å². The largest absolute Gasteiger partial charge is 0.481 e. The van der Waals surface area contributed by atoms with Crippen molar-refractivity contribution in [1.29, 1.82) is 0 Å². The molecule has 1 heterocycles. The van der Waals surface area contributed by atoms with Crippen LogP contribution in [0.5, 0.6) is 0 Å². The standard InChI is InChI=1S/C9H16N2O3/c1-6(8(12)13)7-2-4-11(5-3-7)9(10)14/h6-7H,2-5H2,1H3,(H2,10,14)(H,12,13). The molecule has 1 aliphatic rings. The molecule has 1 atom stereocenters. The van der Waals surface area contributed by atoms with Crippen LogP contribution in [-0.4, -0.2) is 35.1 Å². The second-order valence-corrected chi connectivity index (χ2v) is 3.79. The summed E-state index contributed by atoms with van der Waals surface area (Å²) < 4.78 is 0. The molecule has 1 rings (SSSR count). The summed E-state index contributed by atoms with van der Waals surface area (Å²) in [5, 5.41) is 8.80. The lowest BCUT2D eigenvalue weighted by Crippen LogP contribution is -2.43. The molecular weight excluding hydrogens is 184 g/mol. The first-order valence-electron chi connectivity index (χ1n) is 4.79. The van der Waals surface area contributed by atoms with Gasteiger partial charge in [0.25, 0.3) is 0 Å².